The van der Waals surface area contributed by atoms with E-state index in [0.717, 1.165) is 30.1 Å². The van der Waals surface area contributed by atoms with Crippen LogP contribution < -0.4 is 9.47 Å². The SMILES string of the molecule is CCCCCO[C@@H](c1ccc2c(c1)OCO2)[C@@H](C)Br. The van der Waals surface area contributed by atoms with E-state index in [1.807, 2.05) is 12.1 Å². The number of ether oxygens (including phenoxy) is 3. The van der Waals surface area contributed by atoms with Crippen LogP contribution in [0.25, 0.3) is 0 Å². The maximum absolute atomic E-state index is 6.01. The summed E-state index contributed by atoms with van der Waals surface area (Å²) >= 11 is 3.63. The number of hydrogen-bond donors (Lipinski definition) is 0. The Morgan fingerprint density at radius 1 is 1.26 bits per heavy atom. The van der Waals surface area contributed by atoms with Gasteiger partial charge in [-0.3, -0.25) is 0 Å². The van der Waals surface area contributed by atoms with Crippen molar-refractivity contribution in [3.8, 4) is 11.5 Å². The lowest BCUT2D eigenvalue weighted by molar-refractivity contribution is 0.0523. The molecule has 1 aromatic carbocycles. The van der Waals surface area contributed by atoms with Gasteiger partial charge in [0.1, 0.15) is 0 Å². The number of halogens is 1. The van der Waals surface area contributed by atoms with Crippen LogP contribution in [0.4, 0.5) is 0 Å². The minimum absolute atomic E-state index is 0.0476. The molecule has 3 nitrogen and oxygen atoms in total. The molecular formula is C15H21BrO3. The molecule has 19 heavy (non-hydrogen) atoms. The van der Waals surface area contributed by atoms with E-state index in [0.29, 0.717) is 6.79 Å². The number of benzene rings is 1. The summed E-state index contributed by atoms with van der Waals surface area (Å²) in [7, 11) is 0. The normalized spacial score (nSPS) is 16.4. The molecule has 0 amide bonds. The van der Waals surface area contributed by atoms with Crippen molar-refractivity contribution in [1.29, 1.82) is 0 Å². The summed E-state index contributed by atoms with van der Waals surface area (Å²) in [5, 5.41) is 0. The van der Waals surface area contributed by atoms with Crippen LogP contribution in [-0.2, 0) is 4.74 Å². The Balaban J connectivity index is 2.02. The smallest absolute Gasteiger partial charge is 0.231 e. The maximum atomic E-state index is 6.01. The van der Waals surface area contributed by atoms with E-state index in [-0.39, 0.29) is 10.9 Å². The summed E-state index contributed by atoms with van der Waals surface area (Å²) in [4.78, 5) is 0.259. The average molecular weight is 329 g/mol. The van der Waals surface area contributed by atoms with Crippen molar-refractivity contribution in [2.45, 2.75) is 44.0 Å². The van der Waals surface area contributed by atoms with Crippen LogP contribution in [0.2, 0.25) is 0 Å². The highest BCUT2D eigenvalue weighted by molar-refractivity contribution is 9.09. The van der Waals surface area contributed by atoms with Crippen LogP contribution in [-0.4, -0.2) is 18.2 Å². The standard InChI is InChI=1S/C15H21BrO3/c1-3-4-5-8-17-15(11(2)16)12-6-7-13-14(9-12)19-10-18-13/h6-7,9,11,15H,3-5,8,10H2,1-2H3/t11-,15-/m1/s1. The predicted octanol–water partition coefficient (Wildman–Crippen LogP) is 4.45. The van der Waals surface area contributed by atoms with Gasteiger partial charge in [-0.1, -0.05) is 41.8 Å². The van der Waals surface area contributed by atoms with Crippen LogP contribution in [0, 0.1) is 0 Å². The number of hydrogen-bond acceptors (Lipinski definition) is 3. The highest BCUT2D eigenvalue weighted by Gasteiger charge is 2.21. The summed E-state index contributed by atoms with van der Waals surface area (Å²) in [5.41, 5.74) is 1.13. The highest BCUT2D eigenvalue weighted by Crippen LogP contribution is 2.36. The molecule has 2 rings (SSSR count). The molecule has 0 saturated heterocycles. The van der Waals surface area contributed by atoms with Gasteiger partial charge in [0, 0.05) is 11.4 Å². The van der Waals surface area contributed by atoms with Gasteiger partial charge in [-0.2, -0.15) is 0 Å². The fraction of sp³-hybridized carbons (Fsp3) is 0.600. The van der Waals surface area contributed by atoms with Crippen molar-refractivity contribution in [3.63, 3.8) is 0 Å². The largest absolute Gasteiger partial charge is 0.454 e. The van der Waals surface area contributed by atoms with Gasteiger partial charge >= 0.3 is 0 Å². The third-order valence-corrected chi connectivity index (χ3v) is 3.67. The maximum Gasteiger partial charge on any atom is 0.231 e. The van der Waals surface area contributed by atoms with Crippen LogP contribution >= 0.6 is 15.9 Å². The van der Waals surface area contributed by atoms with Crippen molar-refractivity contribution in [2.24, 2.45) is 0 Å². The monoisotopic (exact) mass is 328 g/mol. The number of fused-ring (bicyclic) bond motifs is 1. The quantitative estimate of drug-likeness (QED) is 0.546. The van der Waals surface area contributed by atoms with Gasteiger partial charge in [-0.25, -0.2) is 0 Å². The summed E-state index contributed by atoms with van der Waals surface area (Å²) in [6.07, 6.45) is 3.58. The van der Waals surface area contributed by atoms with Crippen molar-refractivity contribution < 1.29 is 14.2 Å². The summed E-state index contributed by atoms with van der Waals surface area (Å²) in [5.74, 6) is 1.63. The van der Waals surface area contributed by atoms with Crippen LogP contribution in [0.5, 0.6) is 11.5 Å². The van der Waals surface area contributed by atoms with E-state index in [9.17, 15) is 0 Å². The van der Waals surface area contributed by atoms with Crippen molar-refractivity contribution in [1.82, 2.24) is 0 Å². The van der Waals surface area contributed by atoms with Crippen molar-refractivity contribution in [2.75, 3.05) is 13.4 Å². The van der Waals surface area contributed by atoms with E-state index in [2.05, 4.69) is 35.8 Å². The Hall–Kier alpha value is -0.740. The fourth-order valence-electron chi connectivity index (χ4n) is 2.15. The zero-order chi connectivity index (χ0) is 13.7. The minimum atomic E-state index is 0.0476. The first-order valence-electron chi connectivity index (χ1n) is 6.87. The molecule has 1 aliphatic rings. The molecule has 0 fully saturated rings. The van der Waals surface area contributed by atoms with Gasteiger partial charge in [0.2, 0.25) is 6.79 Å². The van der Waals surface area contributed by atoms with Crippen LogP contribution in [0.3, 0.4) is 0 Å². The van der Waals surface area contributed by atoms with Crippen LogP contribution in [0.15, 0.2) is 18.2 Å². The lowest BCUT2D eigenvalue weighted by atomic mass is 10.1. The van der Waals surface area contributed by atoms with Gasteiger partial charge < -0.3 is 14.2 Å². The summed E-state index contributed by atoms with van der Waals surface area (Å²) in [6, 6.07) is 6.02. The molecule has 0 unspecified atom stereocenters. The van der Waals surface area contributed by atoms with E-state index in [1.54, 1.807) is 0 Å². The lowest BCUT2D eigenvalue weighted by Gasteiger charge is -2.21. The Kier molecular flexibility index (Phi) is 5.52. The molecule has 0 aliphatic carbocycles. The number of rotatable bonds is 7. The van der Waals surface area contributed by atoms with Gasteiger partial charge in [0.15, 0.2) is 11.5 Å². The van der Waals surface area contributed by atoms with Gasteiger partial charge in [0.25, 0.3) is 0 Å². The molecule has 0 N–H and O–H groups in total. The minimum Gasteiger partial charge on any atom is -0.454 e. The molecule has 4 heteroatoms. The summed E-state index contributed by atoms with van der Waals surface area (Å²) in [6.45, 7) is 5.41. The Labute approximate surface area is 123 Å². The fourth-order valence-corrected chi connectivity index (χ4v) is 2.60. The molecular weight excluding hydrogens is 308 g/mol. The Morgan fingerprint density at radius 2 is 2.05 bits per heavy atom. The molecule has 106 valence electrons. The van der Waals surface area contributed by atoms with E-state index in [4.69, 9.17) is 14.2 Å². The second-order valence-corrected chi connectivity index (χ2v) is 6.23. The molecule has 1 aromatic rings. The molecule has 0 saturated carbocycles. The Bertz CT molecular complexity index is 406. The second-order valence-electron chi connectivity index (χ2n) is 4.79. The highest BCUT2D eigenvalue weighted by atomic mass is 79.9. The first kappa shape index (κ1) is 14.7. The molecule has 0 radical (unpaired) electrons. The molecule has 2 atom stereocenters. The number of alkyl halides is 1. The van der Waals surface area contributed by atoms with E-state index >= 15 is 0 Å². The zero-order valence-corrected chi connectivity index (χ0v) is 13.1. The predicted molar refractivity (Wildman–Crippen MR) is 79.2 cm³/mol. The van der Waals surface area contributed by atoms with Gasteiger partial charge in [-0.15, -0.1) is 0 Å². The topological polar surface area (TPSA) is 27.7 Å². The van der Waals surface area contributed by atoms with E-state index in [1.165, 1.54) is 12.8 Å². The first-order chi connectivity index (χ1) is 9.22. The molecule has 1 heterocycles. The molecule has 0 aromatic heterocycles. The Morgan fingerprint density at radius 3 is 2.79 bits per heavy atom. The van der Waals surface area contributed by atoms with Crippen molar-refractivity contribution in [3.05, 3.63) is 23.8 Å². The molecule has 1 aliphatic heterocycles. The third kappa shape index (κ3) is 3.86. The molecule has 0 spiro atoms. The first-order valence-corrected chi connectivity index (χ1v) is 7.79. The average Bonchev–Trinajstić information content (AvgIpc) is 2.85. The van der Waals surface area contributed by atoms with Gasteiger partial charge in [-0.05, 0) is 31.0 Å². The van der Waals surface area contributed by atoms with Crippen LogP contribution in [0.1, 0.15) is 44.8 Å². The van der Waals surface area contributed by atoms with Gasteiger partial charge in [0.05, 0.1) is 6.10 Å². The second kappa shape index (κ2) is 7.15. The van der Waals surface area contributed by atoms with Crippen molar-refractivity contribution >= 4 is 15.9 Å². The lowest BCUT2D eigenvalue weighted by Crippen LogP contribution is -2.14. The third-order valence-electron chi connectivity index (χ3n) is 3.19. The molecule has 0 bridgehead atoms. The van der Waals surface area contributed by atoms with E-state index < -0.39 is 0 Å². The summed E-state index contributed by atoms with van der Waals surface area (Å²) < 4.78 is 16.8. The zero-order valence-electron chi connectivity index (χ0n) is 11.5. The number of unbranched alkanes of at least 4 members (excludes halogenated alkanes) is 2.